The summed E-state index contributed by atoms with van der Waals surface area (Å²) in [6, 6.07) is 12.4. The van der Waals surface area contributed by atoms with Crippen LogP contribution in [0.5, 0.6) is 11.5 Å². The summed E-state index contributed by atoms with van der Waals surface area (Å²) < 4.78 is 11.1. The topological polar surface area (TPSA) is 92.6 Å². The molecule has 1 N–H and O–H groups in total. The van der Waals surface area contributed by atoms with E-state index in [4.69, 9.17) is 9.47 Å². The van der Waals surface area contributed by atoms with Gasteiger partial charge in [0.05, 0.1) is 10.9 Å². The van der Waals surface area contributed by atoms with Gasteiger partial charge in [-0.3, -0.25) is 14.6 Å². The molecule has 0 spiro atoms. The Labute approximate surface area is 183 Å². The van der Waals surface area contributed by atoms with E-state index in [9.17, 15) is 9.59 Å². The molecule has 2 amide bonds. The van der Waals surface area contributed by atoms with Crippen molar-refractivity contribution in [3.8, 4) is 11.5 Å². The van der Waals surface area contributed by atoms with Crippen molar-refractivity contribution in [3.63, 3.8) is 0 Å². The molecule has 0 aromatic heterocycles. The molecule has 31 heavy (non-hydrogen) atoms. The summed E-state index contributed by atoms with van der Waals surface area (Å²) in [4.78, 5) is 36.3. The number of nitrogens with zero attached hydrogens (tertiary/aromatic N) is 3. The molecule has 0 aliphatic carbocycles. The number of thioether (sulfide) groups is 1. The molecule has 8 nitrogen and oxygen atoms in total. The number of fused-ring (bicyclic) bond motifs is 4. The van der Waals surface area contributed by atoms with Crippen molar-refractivity contribution in [1.82, 2.24) is 4.90 Å². The average Bonchev–Trinajstić information content (AvgIpc) is 3.08. The number of hydrogen-bond acceptors (Lipinski definition) is 7. The number of hydrogen-bond donors (Lipinski definition) is 1. The first-order valence-electron chi connectivity index (χ1n) is 9.98. The van der Waals surface area contributed by atoms with Gasteiger partial charge in [-0.1, -0.05) is 23.9 Å². The largest absolute Gasteiger partial charge is 0.486 e. The number of amidine groups is 2. The molecule has 0 saturated carbocycles. The zero-order chi connectivity index (χ0) is 21.5. The second-order valence-corrected chi connectivity index (χ2v) is 8.63. The van der Waals surface area contributed by atoms with Crippen LogP contribution in [0.15, 0.2) is 52.4 Å². The van der Waals surface area contributed by atoms with E-state index in [-0.39, 0.29) is 11.8 Å². The van der Waals surface area contributed by atoms with Crippen LogP contribution in [-0.4, -0.2) is 52.2 Å². The Morgan fingerprint density at radius 3 is 2.81 bits per heavy atom. The van der Waals surface area contributed by atoms with Crippen LogP contribution in [0, 0.1) is 0 Å². The summed E-state index contributed by atoms with van der Waals surface area (Å²) in [5.74, 6) is 1.51. The standard InChI is InChI=1S/C22H20N4O4S/c1-12-21(28)26-19(23-12)15-5-3-4-6-16(15)25-22(26)31-13(2)20(27)24-14-7-8-17-18(11-14)30-10-9-29-17/h3-8,11-13H,9-10H2,1-2H3,(H,24,27)/t12-,13+/m0/s1. The first-order chi connectivity index (χ1) is 15.0. The van der Waals surface area contributed by atoms with Crippen LogP contribution in [0.3, 0.4) is 0 Å². The molecule has 2 atom stereocenters. The van der Waals surface area contributed by atoms with Crippen molar-refractivity contribution in [2.45, 2.75) is 25.1 Å². The maximum atomic E-state index is 12.8. The van der Waals surface area contributed by atoms with Gasteiger partial charge in [0.25, 0.3) is 5.91 Å². The smallest absolute Gasteiger partial charge is 0.258 e. The Morgan fingerprint density at radius 1 is 1.19 bits per heavy atom. The lowest BCUT2D eigenvalue weighted by Crippen LogP contribution is -2.41. The summed E-state index contributed by atoms with van der Waals surface area (Å²) in [7, 11) is 0. The fraction of sp³-hybridized carbons (Fsp3) is 0.273. The van der Waals surface area contributed by atoms with Crippen LogP contribution >= 0.6 is 11.8 Å². The number of aliphatic imine (C=N–C) groups is 2. The molecular formula is C22H20N4O4S. The highest BCUT2D eigenvalue weighted by atomic mass is 32.2. The summed E-state index contributed by atoms with van der Waals surface area (Å²) in [5.41, 5.74) is 2.17. The fourth-order valence-corrected chi connectivity index (χ4v) is 4.45. The van der Waals surface area contributed by atoms with E-state index in [1.165, 1.54) is 16.7 Å². The van der Waals surface area contributed by atoms with Gasteiger partial charge < -0.3 is 14.8 Å². The highest BCUT2D eigenvalue weighted by molar-refractivity contribution is 8.15. The SMILES string of the molecule is C[C@@H]1N=C2c3ccccc3N=C(S[C@H](C)C(=O)Nc3ccc4c(c3)OCCO4)N2C1=O. The second kappa shape index (κ2) is 7.73. The molecule has 3 aliphatic rings. The number of nitrogens with one attached hydrogen (secondary N) is 1. The lowest BCUT2D eigenvalue weighted by molar-refractivity contribution is -0.124. The van der Waals surface area contributed by atoms with E-state index < -0.39 is 11.3 Å². The van der Waals surface area contributed by atoms with Crippen molar-refractivity contribution in [2.75, 3.05) is 18.5 Å². The van der Waals surface area contributed by atoms with E-state index >= 15 is 0 Å². The second-order valence-electron chi connectivity index (χ2n) is 7.32. The van der Waals surface area contributed by atoms with Gasteiger partial charge in [-0.15, -0.1) is 0 Å². The third kappa shape index (κ3) is 3.54. The number of ether oxygens (including phenoxy) is 2. The number of carbonyl (C=O) groups excluding carboxylic acids is 2. The van der Waals surface area contributed by atoms with E-state index in [2.05, 4.69) is 15.3 Å². The molecule has 158 valence electrons. The van der Waals surface area contributed by atoms with Crippen molar-refractivity contribution >= 4 is 46.0 Å². The molecule has 0 radical (unpaired) electrons. The molecule has 2 aromatic carbocycles. The highest BCUT2D eigenvalue weighted by Gasteiger charge is 2.40. The van der Waals surface area contributed by atoms with Gasteiger partial charge in [-0.2, -0.15) is 0 Å². The summed E-state index contributed by atoms with van der Waals surface area (Å²) in [6.07, 6.45) is 0. The molecule has 0 fully saturated rings. The summed E-state index contributed by atoms with van der Waals surface area (Å²) >= 11 is 1.23. The van der Waals surface area contributed by atoms with Gasteiger partial charge in [0.1, 0.15) is 25.1 Å². The normalized spacial score (nSPS) is 19.7. The predicted molar refractivity (Wildman–Crippen MR) is 119 cm³/mol. The van der Waals surface area contributed by atoms with Crippen LogP contribution in [0.4, 0.5) is 11.4 Å². The molecule has 9 heteroatoms. The Kier molecular flexibility index (Phi) is 4.90. The minimum absolute atomic E-state index is 0.143. The summed E-state index contributed by atoms with van der Waals surface area (Å²) in [6.45, 7) is 4.53. The zero-order valence-electron chi connectivity index (χ0n) is 17.0. The maximum absolute atomic E-state index is 12.8. The van der Waals surface area contributed by atoms with Crippen molar-refractivity contribution in [3.05, 3.63) is 48.0 Å². The number of rotatable bonds is 3. The Morgan fingerprint density at radius 2 is 1.97 bits per heavy atom. The first-order valence-corrected chi connectivity index (χ1v) is 10.9. The Bertz CT molecular complexity index is 1150. The van der Waals surface area contributed by atoms with Gasteiger partial charge in [0.15, 0.2) is 16.7 Å². The van der Waals surface area contributed by atoms with E-state index in [0.29, 0.717) is 41.4 Å². The third-order valence-electron chi connectivity index (χ3n) is 5.12. The monoisotopic (exact) mass is 436 g/mol. The van der Waals surface area contributed by atoms with Crippen molar-refractivity contribution in [2.24, 2.45) is 9.98 Å². The lowest BCUT2D eigenvalue weighted by Gasteiger charge is -2.26. The quantitative estimate of drug-likeness (QED) is 0.798. The van der Waals surface area contributed by atoms with Gasteiger partial charge in [-0.25, -0.2) is 9.89 Å². The predicted octanol–water partition coefficient (Wildman–Crippen LogP) is 3.20. The zero-order valence-corrected chi connectivity index (χ0v) is 17.8. The number of carbonyl (C=O) groups is 2. The number of para-hydroxylation sites is 1. The third-order valence-corrected chi connectivity index (χ3v) is 6.17. The molecule has 3 aliphatic heterocycles. The number of anilines is 1. The highest BCUT2D eigenvalue weighted by Crippen LogP contribution is 2.35. The van der Waals surface area contributed by atoms with Gasteiger partial charge in [-0.05, 0) is 38.1 Å². The minimum Gasteiger partial charge on any atom is -0.486 e. The molecule has 0 unspecified atom stereocenters. The number of benzene rings is 2. The molecule has 0 bridgehead atoms. The van der Waals surface area contributed by atoms with Crippen LogP contribution in [0.1, 0.15) is 19.4 Å². The lowest BCUT2D eigenvalue weighted by atomic mass is 10.1. The van der Waals surface area contributed by atoms with E-state index in [1.807, 2.05) is 24.3 Å². The first kappa shape index (κ1) is 19.6. The van der Waals surface area contributed by atoms with Crippen molar-refractivity contribution < 1.29 is 19.1 Å². The van der Waals surface area contributed by atoms with Crippen LogP contribution in [0.2, 0.25) is 0 Å². The van der Waals surface area contributed by atoms with Crippen molar-refractivity contribution in [1.29, 1.82) is 0 Å². The molecule has 0 saturated heterocycles. The minimum atomic E-state index is -0.498. The maximum Gasteiger partial charge on any atom is 0.258 e. The van der Waals surface area contributed by atoms with Gasteiger partial charge in [0, 0.05) is 17.3 Å². The van der Waals surface area contributed by atoms with Crippen LogP contribution in [0.25, 0.3) is 0 Å². The van der Waals surface area contributed by atoms with E-state index in [1.54, 1.807) is 32.0 Å². The molecule has 3 heterocycles. The molecule has 5 rings (SSSR count). The van der Waals surface area contributed by atoms with Gasteiger partial charge >= 0.3 is 0 Å². The average molecular weight is 436 g/mol. The summed E-state index contributed by atoms with van der Waals surface area (Å²) in [5, 5.41) is 2.85. The van der Waals surface area contributed by atoms with Gasteiger partial charge in [0.2, 0.25) is 5.91 Å². The molecular weight excluding hydrogens is 416 g/mol. The Balaban J connectivity index is 1.35. The fourth-order valence-electron chi connectivity index (χ4n) is 3.53. The molecule has 2 aromatic rings. The Hall–Kier alpha value is -3.33. The number of amides is 2. The van der Waals surface area contributed by atoms with E-state index in [0.717, 1.165) is 11.3 Å². The van der Waals surface area contributed by atoms with Crippen LogP contribution < -0.4 is 14.8 Å². The van der Waals surface area contributed by atoms with Crippen LogP contribution in [-0.2, 0) is 9.59 Å².